The summed E-state index contributed by atoms with van der Waals surface area (Å²) in [4.78, 5) is 12.7. The van der Waals surface area contributed by atoms with E-state index < -0.39 is 10.0 Å². The zero-order valence-electron chi connectivity index (χ0n) is 16.1. The SMILES string of the molecule is CCCS(=O)(=O)Nc1cccc(C(=O)Nc2ccc3c(c2)Cc2ccccc2-3)c1. The molecular weight excluding hydrogens is 384 g/mol. The number of amides is 1. The van der Waals surface area contributed by atoms with Gasteiger partial charge in [-0.05, 0) is 65.4 Å². The van der Waals surface area contributed by atoms with Crippen LogP contribution in [-0.4, -0.2) is 20.1 Å². The zero-order valence-corrected chi connectivity index (χ0v) is 16.9. The van der Waals surface area contributed by atoms with E-state index in [1.165, 1.54) is 22.3 Å². The van der Waals surface area contributed by atoms with Crippen LogP contribution in [0, 0.1) is 0 Å². The maximum Gasteiger partial charge on any atom is 0.255 e. The second-order valence-electron chi connectivity index (χ2n) is 7.16. The van der Waals surface area contributed by atoms with Gasteiger partial charge in [-0.1, -0.05) is 43.3 Å². The molecule has 0 bridgehead atoms. The molecule has 1 aliphatic carbocycles. The maximum atomic E-state index is 12.7. The quantitative estimate of drug-likeness (QED) is 0.489. The Morgan fingerprint density at radius 2 is 1.69 bits per heavy atom. The molecule has 1 aliphatic rings. The summed E-state index contributed by atoms with van der Waals surface area (Å²) in [5.74, 6) is -0.238. The van der Waals surface area contributed by atoms with Crippen LogP contribution in [0.15, 0.2) is 66.7 Å². The molecule has 148 valence electrons. The Morgan fingerprint density at radius 1 is 0.897 bits per heavy atom. The zero-order chi connectivity index (χ0) is 20.4. The number of sulfonamides is 1. The summed E-state index contributed by atoms with van der Waals surface area (Å²) in [6, 6.07) is 20.8. The molecule has 29 heavy (non-hydrogen) atoms. The number of anilines is 2. The first kappa shape index (κ1) is 19.2. The summed E-state index contributed by atoms with van der Waals surface area (Å²) >= 11 is 0. The smallest absolute Gasteiger partial charge is 0.255 e. The minimum absolute atomic E-state index is 0.0426. The largest absolute Gasteiger partial charge is 0.322 e. The molecule has 0 heterocycles. The highest BCUT2D eigenvalue weighted by atomic mass is 32.2. The van der Waals surface area contributed by atoms with Crippen molar-refractivity contribution in [3.63, 3.8) is 0 Å². The first-order valence-electron chi connectivity index (χ1n) is 9.58. The standard InChI is InChI=1S/C23H22N2O3S/c1-2-12-29(27,28)25-20-8-5-7-17(14-20)23(26)24-19-10-11-22-18(15-19)13-16-6-3-4-9-21(16)22/h3-11,14-15,25H,2,12-13H2,1H3,(H,24,26). The summed E-state index contributed by atoms with van der Waals surface area (Å²) in [6.07, 6.45) is 1.38. The predicted molar refractivity (Wildman–Crippen MR) is 117 cm³/mol. The van der Waals surface area contributed by atoms with Crippen molar-refractivity contribution in [2.75, 3.05) is 15.8 Å². The van der Waals surface area contributed by atoms with E-state index in [1.807, 2.05) is 30.3 Å². The van der Waals surface area contributed by atoms with Crippen LogP contribution < -0.4 is 10.0 Å². The van der Waals surface area contributed by atoms with E-state index >= 15 is 0 Å². The van der Waals surface area contributed by atoms with E-state index in [4.69, 9.17) is 0 Å². The van der Waals surface area contributed by atoms with E-state index in [-0.39, 0.29) is 11.7 Å². The molecule has 2 N–H and O–H groups in total. The topological polar surface area (TPSA) is 75.3 Å². The van der Waals surface area contributed by atoms with Crippen LogP contribution in [0.4, 0.5) is 11.4 Å². The fourth-order valence-electron chi connectivity index (χ4n) is 3.65. The number of nitrogens with one attached hydrogen (secondary N) is 2. The van der Waals surface area contributed by atoms with Gasteiger partial charge in [0.1, 0.15) is 0 Å². The van der Waals surface area contributed by atoms with Gasteiger partial charge in [0.2, 0.25) is 10.0 Å². The van der Waals surface area contributed by atoms with Gasteiger partial charge in [-0.2, -0.15) is 0 Å². The van der Waals surface area contributed by atoms with Gasteiger partial charge >= 0.3 is 0 Å². The lowest BCUT2D eigenvalue weighted by atomic mass is 10.1. The number of fused-ring (bicyclic) bond motifs is 3. The molecule has 0 radical (unpaired) electrons. The van der Waals surface area contributed by atoms with Crippen LogP contribution >= 0.6 is 0 Å². The van der Waals surface area contributed by atoms with Gasteiger partial charge in [-0.3, -0.25) is 9.52 Å². The lowest BCUT2D eigenvalue weighted by molar-refractivity contribution is 0.102. The molecule has 0 fully saturated rings. The van der Waals surface area contributed by atoms with Gasteiger partial charge in [-0.25, -0.2) is 8.42 Å². The summed E-state index contributed by atoms with van der Waals surface area (Å²) in [5, 5.41) is 2.91. The second-order valence-corrected chi connectivity index (χ2v) is 9.00. The minimum atomic E-state index is -3.40. The molecule has 0 saturated heterocycles. The summed E-state index contributed by atoms with van der Waals surface area (Å²) in [5.41, 5.74) is 6.42. The molecule has 6 heteroatoms. The summed E-state index contributed by atoms with van der Waals surface area (Å²) in [6.45, 7) is 1.80. The molecule has 0 aliphatic heterocycles. The maximum absolute atomic E-state index is 12.7. The average molecular weight is 407 g/mol. The predicted octanol–water partition coefficient (Wildman–Crippen LogP) is 4.66. The molecule has 5 nitrogen and oxygen atoms in total. The van der Waals surface area contributed by atoms with E-state index in [0.717, 1.165) is 12.1 Å². The lowest BCUT2D eigenvalue weighted by Crippen LogP contribution is -2.17. The average Bonchev–Trinajstić information content (AvgIpc) is 3.05. The lowest BCUT2D eigenvalue weighted by Gasteiger charge is -2.10. The van der Waals surface area contributed by atoms with Crippen molar-refractivity contribution < 1.29 is 13.2 Å². The fourth-order valence-corrected chi connectivity index (χ4v) is 4.77. The Kier molecular flexibility index (Phi) is 5.11. The van der Waals surface area contributed by atoms with Crippen molar-refractivity contribution in [3.05, 3.63) is 83.4 Å². The molecule has 0 aromatic heterocycles. The van der Waals surface area contributed by atoms with Crippen molar-refractivity contribution in [2.24, 2.45) is 0 Å². The molecule has 0 saturated carbocycles. The van der Waals surface area contributed by atoms with Crippen LogP contribution in [0.5, 0.6) is 0 Å². The van der Waals surface area contributed by atoms with Crippen LogP contribution in [0.2, 0.25) is 0 Å². The normalized spacial score (nSPS) is 12.2. The first-order chi connectivity index (χ1) is 13.9. The highest BCUT2D eigenvalue weighted by molar-refractivity contribution is 7.92. The number of carbonyl (C=O) groups is 1. The van der Waals surface area contributed by atoms with Crippen molar-refractivity contribution in [3.8, 4) is 11.1 Å². The number of hydrogen-bond donors (Lipinski definition) is 2. The Balaban J connectivity index is 1.51. The van der Waals surface area contributed by atoms with Crippen molar-refractivity contribution in [1.29, 1.82) is 0 Å². The highest BCUT2D eigenvalue weighted by Crippen LogP contribution is 2.37. The second kappa shape index (κ2) is 7.72. The molecular formula is C23H22N2O3S. The van der Waals surface area contributed by atoms with Gasteiger partial charge in [0, 0.05) is 16.9 Å². The van der Waals surface area contributed by atoms with E-state index in [2.05, 4.69) is 22.2 Å². The Bertz CT molecular complexity index is 1190. The molecule has 0 unspecified atom stereocenters. The van der Waals surface area contributed by atoms with Gasteiger partial charge in [0.25, 0.3) is 5.91 Å². The number of carbonyl (C=O) groups excluding carboxylic acids is 1. The van der Waals surface area contributed by atoms with Crippen molar-refractivity contribution >= 4 is 27.3 Å². The molecule has 4 rings (SSSR count). The van der Waals surface area contributed by atoms with Crippen molar-refractivity contribution in [1.82, 2.24) is 0 Å². The molecule has 1 amide bonds. The van der Waals surface area contributed by atoms with Gasteiger partial charge in [0.15, 0.2) is 0 Å². The van der Waals surface area contributed by atoms with E-state index in [9.17, 15) is 13.2 Å². The molecule has 0 spiro atoms. The van der Waals surface area contributed by atoms with Gasteiger partial charge in [-0.15, -0.1) is 0 Å². The number of benzene rings is 3. The molecule has 0 atom stereocenters. The highest BCUT2D eigenvalue weighted by Gasteiger charge is 2.18. The van der Waals surface area contributed by atoms with Crippen LogP contribution in [0.25, 0.3) is 11.1 Å². The molecule has 3 aromatic carbocycles. The summed E-state index contributed by atoms with van der Waals surface area (Å²) in [7, 11) is -3.40. The Hall–Kier alpha value is -3.12. The monoisotopic (exact) mass is 406 g/mol. The fraction of sp³-hybridized carbons (Fsp3) is 0.174. The van der Waals surface area contributed by atoms with E-state index in [0.29, 0.717) is 17.7 Å². The Morgan fingerprint density at radius 3 is 2.52 bits per heavy atom. The van der Waals surface area contributed by atoms with Crippen molar-refractivity contribution in [2.45, 2.75) is 19.8 Å². The first-order valence-corrected chi connectivity index (χ1v) is 11.2. The van der Waals surface area contributed by atoms with Gasteiger partial charge in [0.05, 0.1) is 5.75 Å². The number of hydrogen-bond acceptors (Lipinski definition) is 3. The van der Waals surface area contributed by atoms with Gasteiger partial charge < -0.3 is 5.32 Å². The number of rotatable bonds is 6. The Labute approximate surface area is 170 Å². The van der Waals surface area contributed by atoms with E-state index in [1.54, 1.807) is 31.2 Å². The summed E-state index contributed by atoms with van der Waals surface area (Å²) < 4.78 is 26.4. The third-order valence-corrected chi connectivity index (χ3v) is 6.41. The van der Waals surface area contributed by atoms with Crippen LogP contribution in [0.1, 0.15) is 34.8 Å². The third kappa shape index (κ3) is 4.17. The minimum Gasteiger partial charge on any atom is -0.322 e. The van der Waals surface area contributed by atoms with Crippen LogP contribution in [0.3, 0.4) is 0 Å². The molecule has 3 aromatic rings. The van der Waals surface area contributed by atoms with Crippen LogP contribution in [-0.2, 0) is 16.4 Å². The third-order valence-electron chi connectivity index (χ3n) is 4.92.